The Hall–Kier alpha value is -2.55. The first kappa shape index (κ1) is 28.7. The van der Waals surface area contributed by atoms with Crippen molar-refractivity contribution >= 4 is 45.0 Å². The maximum Gasteiger partial charge on any atom is 0.260 e. The van der Waals surface area contributed by atoms with Crippen molar-refractivity contribution < 1.29 is 19.0 Å². The number of benzene rings is 2. The fraction of sp³-hybridized carbons (Fsp3) is 0.462. The van der Waals surface area contributed by atoms with Crippen LogP contribution in [0.1, 0.15) is 45.0 Å². The molecule has 1 amide bonds. The van der Waals surface area contributed by atoms with E-state index >= 15 is 0 Å². The molecule has 9 heteroatoms. The number of hydrogen-bond acceptors (Lipinski definition) is 7. The molecule has 0 aliphatic carbocycles. The van der Waals surface area contributed by atoms with Crippen molar-refractivity contribution in [3.8, 4) is 17.2 Å². The summed E-state index contributed by atoms with van der Waals surface area (Å²) in [5.41, 5.74) is 1.39. The first-order valence-electron chi connectivity index (χ1n) is 12.0. The van der Waals surface area contributed by atoms with E-state index in [9.17, 15) is 4.79 Å². The summed E-state index contributed by atoms with van der Waals surface area (Å²) in [4.78, 5) is 22.6. The van der Waals surface area contributed by atoms with Crippen LogP contribution in [0.25, 0.3) is 10.2 Å². The van der Waals surface area contributed by atoms with Gasteiger partial charge in [-0.25, -0.2) is 4.98 Å². The molecule has 7 nitrogen and oxygen atoms in total. The normalized spacial score (nSPS) is 10.8. The van der Waals surface area contributed by atoms with Crippen LogP contribution >= 0.6 is 23.7 Å². The lowest BCUT2D eigenvalue weighted by atomic mass is 10.1. The lowest BCUT2D eigenvalue weighted by molar-refractivity contribution is 0.0983. The van der Waals surface area contributed by atoms with E-state index in [0.29, 0.717) is 48.6 Å². The Kier molecular flexibility index (Phi) is 11.6. The Bertz CT molecular complexity index is 1090. The predicted octanol–water partition coefficient (Wildman–Crippen LogP) is 5.90. The number of fused-ring (bicyclic) bond motifs is 1. The summed E-state index contributed by atoms with van der Waals surface area (Å²) in [6.45, 7) is 14.8. The van der Waals surface area contributed by atoms with E-state index in [1.54, 1.807) is 23.1 Å². The zero-order chi connectivity index (χ0) is 24.5. The molecule has 3 rings (SSSR count). The third-order valence-corrected chi connectivity index (χ3v) is 6.50. The van der Waals surface area contributed by atoms with Crippen LogP contribution in [-0.2, 0) is 0 Å². The van der Waals surface area contributed by atoms with Crippen molar-refractivity contribution in [2.45, 2.75) is 34.6 Å². The molecule has 0 atom stereocenters. The maximum atomic E-state index is 13.8. The maximum absolute atomic E-state index is 13.8. The summed E-state index contributed by atoms with van der Waals surface area (Å²) in [5, 5.41) is 0.674. The number of anilines is 1. The highest BCUT2D eigenvalue weighted by molar-refractivity contribution is 7.22. The fourth-order valence-corrected chi connectivity index (χ4v) is 4.69. The van der Waals surface area contributed by atoms with Crippen LogP contribution in [0.5, 0.6) is 17.2 Å². The highest BCUT2D eigenvalue weighted by Crippen LogP contribution is 2.34. The summed E-state index contributed by atoms with van der Waals surface area (Å²) in [7, 11) is 0. The van der Waals surface area contributed by atoms with Crippen LogP contribution in [0.15, 0.2) is 36.4 Å². The topological polar surface area (TPSA) is 64.1 Å². The van der Waals surface area contributed by atoms with E-state index in [4.69, 9.17) is 19.2 Å². The van der Waals surface area contributed by atoms with Crippen LogP contribution in [-0.4, -0.2) is 61.8 Å². The first-order chi connectivity index (χ1) is 16.5. The number of hydrogen-bond donors (Lipinski definition) is 0. The van der Waals surface area contributed by atoms with Gasteiger partial charge < -0.3 is 19.1 Å². The van der Waals surface area contributed by atoms with Gasteiger partial charge >= 0.3 is 0 Å². The number of amides is 1. The largest absolute Gasteiger partial charge is 0.494 e. The SMILES string of the molecule is CCOc1ccc2nc(N(CCN(CC)CC)C(=O)c3ccc(OCC)c(OCC)c3)sc2c1.Cl. The molecule has 1 heterocycles. The van der Waals surface area contributed by atoms with E-state index in [2.05, 4.69) is 18.7 Å². The van der Waals surface area contributed by atoms with E-state index in [-0.39, 0.29) is 18.3 Å². The summed E-state index contributed by atoms with van der Waals surface area (Å²) in [5.74, 6) is 1.91. The summed E-state index contributed by atoms with van der Waals surface area (Å²) >= 11 is 1.50. The number of aromatic nitrogens is 1. The molecule has 1 aromatic heterocycles. The summed E-state index contributed by atoms with van der Waals surface area (Å²) in [6.07, 6.45) is 0. The predicted molar refractivity (Wildman–Crippen MR) is 146 cm³/mol. The molecule has 0 spiro atoms. The second kappa shape index (κ2) is 14.1. The second-order valence-corrected chi connectivity index (χ2v) is 8.58. The lowest BCUT2D eigenvalue weighted by Crippen LogP contribution is -2.38. The summed E-state index contributed by atoms with van der Waals surface area (Å²) < 4.78 is 18.1. The number of halogens is 1. The van der Waals surface area contributed by atoms with Crippen molar-refractivity contribution in [3.63, 3.8) is 0 Å². The minimum Gasteiger partial charge on any atom is -0.494 e. The standard InChI is InChI=1S/C26H35N3O4S.ClH/c1-6-28(7-2)15-16-29(26-27-21-13-12-20(31-8-3)18-24(21)34-26)25(30)19-11-14-22(32-9-4)23(17-19)33-10-5;/h11-14,17-18H,6-10,15-16H2,1-5H3;1H. The van der Waals surface area contributed by atoms with Crippen molar-refractivity contribution in [2.75, 3.05) is 50.9 Å². The average molecular weight is 522 g/mol. The van der Waals surface area contributed by atoms with Crippen LogP contribution in [0, 0.1) is 0 Å². The van der Waals surface area contributed by atoms with Gasteiger partial charge in [-0.15, -0.1) is 12.4 Å². The third kappa shape index (κ3) is 7.22. The molecular weight excluding hydrogens is 486 g/mol. The minimum absolute atomic E-state index is 0. The number of thiazole rings is 1. The Morgan fingerprint density at radius 3 is 2.20 bits per heavy atom. The molecule has 0 saturated heterocycles. The first-order valence-corrected chi connectivity index (χ1v) is 12.8. The molecule has 0 aliphatic heterocycles. The highest BCUT2D eigenvalue weighted by atomic mass is 35.5. The number of rotatable bonds is 13. The van der Waals surface area contributed by atoms with Gasteiger partial charge in [-0.2, -0.15) is 0 Å². The Balaban J connectivity index is 0.00000432. The number of carbonyl (C=O) groups excluding carboxylic acids is 1. The van der Waals surface area contributed by atoms with Crippen molar-refractivity contribution in [1.82, 2.24) is 9.88 Å². The Labute approximate surface area is 218 Å². The zero-order valence-electron chi connectivity index (χ0n) is 21.2. The molecule has 192 valence electrons. The molecule has 2 aromatic carbocycles. The van der Waals surface area contributed by atoms with Gasteiger partial charge in [-0.3, -0.25) is 9.69 Å². The molecule has 0 bridgehead atoms. The van der Waals surface area contributed by atoms with Gasteiger partial charge in [0.15, 0.2) is 16.6 Å². The Morgan fingerprint density at radius 1 is 0.857 bits per heavy atom. The zero-order valence-corrected chi connectivity index (χ0v) is 22.8. The highest BCUT2D eigenvalue weighted by Gasteiger charge is 2.23. The van der Waals surface area contributed by atoms with Gasteiger partial charge in [0.2, 0.25) is 0 Å². The number of nitrogens with zero attached hydrogens (tertiary/aromatic N) is 3. The minimum atomic E-state index is -0.111. The van der Waals surface area contributed by atoms with Crippen LogP contribution in [0.4, 0.5) is 5.13 Å². The van der Waals surface area contributed by atoms with E-state index in [0.717, 1.165) is 35.6 Å². The molecular formula is C26H36ClN3O4S. The molecule has 35 heavy (non-hydrogen) atoms. The number of ether oxygens (including phenoxy) is 3. The summed E-state index contributed by atoms with van der Waals surface area (Å²) in [6, 6.07) is 11.2. The lowest BCUT2D eigenvalue weighted by Gasteiger charge is -2.25. The number of likely N-dealkylation sites (N-methyl/N-ethyl adjacent to an activating group) is 1. The molecule has 0 radical (unpaired) electrons. The van der Waals surface area contributed by atoms with Crippen LogP contribution in [0.3, 0.4) is 0 Å². The van der Waals surface area contributed by atoms with Gasteiger partial charge in [-0.1, -0.05) is 25.2 Å². The molecule has 0 aliphatic rings. The van der Waals surface area contributed by atoms with E-state index in [1.165, 1.54) is 11.3 Å². The average Bonchev–Trinajstić information content (AvgIpc) is 3.26. The van der Waals surface area contributed by atoms with Gasteiger partial charge in [0.05, 0.1) is 30.0 Å². The quantitative estimate of drug-likeness (QED) is 0.279. The molecule has 3 aromatic rings. The number of carbonyl (C=O) groups is 1. The van der Waals surface area contributed by atoms with Crippen molar-refractivity contribution in [1.29, 1.82) is 0 Å². The second-order valence-electron chi connectivity index (χ2n) is 7.57. The monoisotopic (exact) mass is 521 g/mol. The third-order valence-electron chi connectivity index (χ3n) is 5.46. The fourth-order valence-electron chi connectivity index (χ4n) is 3.67. The van der Waals surface area contributed by atoms with Gasteiger partial charge in [-0.05, 0) is 70.3 Å². The molecule has 0 fully saturated rings. The molecule has 0 N–H and O–H groups in total. The van der Waals surface area contributed by atoms with Crippen molar-refractivity contribution in [3.05, 3.63) is 42.0 Å². The Morgan fingerprint density at radius 2 is 1.54 bits per heavy atom. The van der Waals surface area contributed by atoms with Gasteiger partial charge in [0.1, 0.15) is 5.75 Å². The van der Waals surface area contributed by atoms with Crippen LogP contribution in [0.2, 0.25) is 0 Å². The molecule has 0 unspecified atom stereocenters. The van der Waals surface area contributed by atoms with Gasteiger partial charge in [0, 0.05) is 18.7 Å². The van der Waals surface area contributed by atoms with E-state index in [1.807, 2.05) is 39.0 Å². The van der Waals surface area contributed by atoms with E-state index < -0.39 is 0 Å². The smallest absolute Gasteiger partial charge is 0.260 e. The molecule has 0 saturated carbocycles. The van der Waals surface area contributed by atoms with Crippen molar-refractivity contribution in [2.24, 2.45) is 0 Å². The van der Waals surface area contributed by atoms with Gasteiger partial charge in [0.25, 0.3) is 5.91 Å². The van der Waals surface area contributed by atoms with Crippen LogP contribution < -0.4 is 19.1 Å².